The van der Waals surface area contributed by atoms with Crippen LogP contribution in [-0.2, 0) is 0 Å². The second-order valence-electron chi connectivity index (χ2n) is 5.09. The first kappa shape index (κ1) is 13.7. The highest BCUT2D eigenvalue weighted by Crippen LogP contribution is 2.31. The molecule has 1 atom stereocenters. The van der Waals surface area contributed by atoms with Crippen LogP contribution in [0.5, 0.6) is 0 Å². The normalized spacial score (nSPS) is 12.3. The van der Waals surface area contributed by atoms with Crippen LogP contribution in [0.2, 0.25) is 5.02 Å². The van der Waals surface area contributed by atoms with Crippen molar-refractivity contribution in [1.29, 1.82) is 5.26 Å². The van der Waals surface area contributed by atoms with Gasteiger partial charge in [-0.25, -0.2) is 4.98 Å². The zero-order valence-corrected chi connectivity index (χ0v) is 12.6. The Balaban J connectivity index is 2.34. The van der Waals surface area contributed by atoms with Gasteiger partial charge in [-0.3, -0.25) is 0 Å². The molecular formula is C17H14ClN3. The summed E-state index contributed by atoms with van der Waals surface area (Å²) in [6.45, 7) is 3.92. The number of hydrogen-bond donors (Lipinski definition) is 0. The van der Waals surface area contributed by atoms with Crippen LogP contribution in [-0.4, -0.2) is 9.38 Å². The molecule has 1 unspecified atom stereocenters. The molecule has 0 amide bonds. The number of nitrogens with zero attached hydrogens (tertiary/aromatic N) is 3. The molecule has 0 saturated heterocycles. The molecule has 0 aliphatic heterocycles. The number of aryl methyl sites for hydroxylation is 1. The van der Waals surface area contributed by atoms with E-state index in [-0.39, 0.29) is 5.92 Å². The van der Waals surface area contributed by atoms with Gasteiger partial charge in [-0.05, 0) is 37.6 Å². The summed E-state index contributed by atoms with van der Waals surface area (Å²) >= 11 is 5.95. The molecule has 0 saturated carbocycles. The molecule has 4 heteroatoms. The molecule has 2 heterocycles. The molecule has 0 radical (unpaired) electrons. The molecule has 3 nitrogen and oxygen atoms in total. The van der Waals surface area contributed by atoms with E-state index >= 15 is 0 Å². The highest BCUT2D eigenvalue weighted by Gasteiger charge is 2.19. The van der Waals surface area contributed by atoms with Crippen LogP contribution in [0.15, 0.2) is 42.6 Å². The first-order chi connectivity index (χ1) is 10.1. The minimum absolute atomic E-state index is 0.243. The number of benzene rings is 1. The molecule has 1 aromatic carbocycles. The largest absolute Gasteiger partial charge is 0.302 e. The fraction of sp³-hybridized carbons (Fsp3) is 0.176. The van der Waals surface area contributed by atoms with E-state index in [1.165, 1.54) is 0 Å². The lowest BCUT2D eigenvalue weighted by Gasteiger charge is -2.07. The van der Waals surface area contributed by atoms with E-state index in [2.05, 4.69) is 6.07 Å². The fourth-order valence-electron chi connectivity index (χ4n) is 2.52. The summed E-state index contributed by atoms with van der Waals surface area (Å²) in [7, 11) is 0. The zero-order valence-electron chi connectivity index (χ0n) is 11.8. The Morgan fingerprint density at radius 1 is 1.24 bits per heavy atom. The van der Waals surface area contributed by atoms with Crippen molar-refractivity contribution in [2.45, 2.75) is 19.8 Å². The Labute approximate surface area is 128 Å². The number of nitriles is 1. The standard InChI is InChI=1S/C17H14ClN3/c1-11-4-3-9-21-16(12(2)10-19)15(20-17(11)21)13-5-7-14(18)8-6-13/h3-9,12H,1-2H3. The SMILES string of the molecule is Cc1cccn2c(C(C)C#N)c(-c3ccc(Cl)cc3)nc12. The zero-order chi connectivity index (χ0) is 15.0. The predicted octanol–water partition coefficient (Wildman–Crippen LogP) is 4.59. The molecule has 0 spiro atoms. The van der Waals surface area contributed by atoms with Crippen LogP contribution >= 0.6 is 11.6 Å². The number of aromatic nitrogens is 2. The number of halogens is 1. The van der Waals surface area contributed by atoms with E-state index in [9.17, 15) is 5.26 Å². The number of hydrogen-bond acceptors (Lipinski definition) is 2. The average molecular weight is 296 g/mol. The van der Waals surface area contributed by atoms with E-state index in [1.807, 2.05) is 60.8 Å². The third-order valence-electron chi connectivity index (χ3n) is 3.60. The maximum Gasteiger partial charge on any atom is 0.140 e. The summed E-state index contributed by atoms with van der Waals surface area (Å²) in [5.74, 6) is -0.243. The topological polar surface area (TPSA) is 41.1 Å². The second-order valence-corrected chi connectivity index (χ2v) is 5.52. The van der Waals surface area contributed by atoms with Crippen LogP contribution in [0.4, 0.5) is 0 Å². The number of fused-ring (bicyclic) bond motifs is 1. The van der Waals surface area contributed by atoms with Gasteiger partial charge in [0.25, 0.3) is 0 Å². The Morgan fingerprint density at radius 2 is 1.95 bits per heavy atom. The van der Waals surface area contributed by atoms with E-state index in [0.717, 1.165) is 28.2 Å². The quantitative estimate of drug-likeness (QED) is 0.694. The summed E-state index contributed by atoms with van der Waals surface area (Å²) in [5, 5.41) is 10.0. The van der Waals surface area contributed by atoms with Gasteiger partial charge in [0.2, 0.25) is 0 Å². The maximum atomic E-state index is 9.34. The first-order valence-electron chi connectivity index (χ1n) is 6.75. The fourth-order valence-corrected chi connectivity index (χ4v) is 2.64. The van der Waals surface area contributed by atoms with Gasteiger partial charge >= 0.3 is 0 Å². The van der Waals surface area contributed by atoms with Crippen molar-refractivity contribution in [2.24, 2.45) is 0 Å². The van der Waals surface area contributed by atoms with Crippen molar-refractivity contribution in [3.05, 3.63) is 58.9 Å². The molecule has 0 fully saturated rings. The molecule has 3 aromatic rings. The minimum atomic E-state index is -0.243. The van der Waals surface area contributed by atoms with Gasteiger partial charge < -0.3 is 4.40 Å². The Kier molecular flexibility index (Phi) is 3.40. The van der Waals surface area contributed by atoms with E-state index in [1.54, 1.807) is 0 Å². The maximum absolute atomic E-state index is 9.34. The lowest BCUT2D eigenvalue weighted by atomic mass is 10.0. The first-order valence-corrected chi connectivity index (χ1v) is 7.12. The molecule has 104 valence electrons. The summed E-state index contributed by atoms with van der Waals surface area (Å²) in [4.78, 5) is 4.75. The molecule has 21 heavy (non-hydrogen) atoms. The van der Waals surface area contributed by atoms with Crippen LogP contribution in [0.25, 0.3) is 16.9 Å². The van der Waals surface area contributed by atoms with Crippen molar-refractivity contribution in [2.75, 3.05) is 0 Å². The number of rotatable bonds is 2. The molecule has 0 N–H and O–H groups in total. The van der Waals surface area contributed by atoms with E-state index in [4.69, 9.17) is 16.6 Å². The molecule has 0 aliphatic rings. The molecule has 2 aromatic heterocycles. The molecule has 0 aliphatic carbocycles. The summed E-state index contributed by atoms with van der Waals surface area (Å²) in [6.07, 6.45) is 1.96. The van der Waals surface area contributed by atoms with Crippen LogP contribution in [0.1, 0.15) is 24.1 Å². The summed E-state index contributed by atoms with van der Waals surface area (Å²) in [5.41, 5.74) is 4.71. The smallest absolute Gasteiger partial charge is 0.140 e. The average Bonchev–Trinajstić information content (AvgIpc) is 2.88. The van der Waals surface area contributed by atoms with Crippen molar-refractivity contribution in [3.63, 3.8) is 0 Å². The lowest BCUT2D eigenvalue weighted by Crippen LogP contribution is -1.98. The van der Waals surface area contributed by atoms with Crippen molar-refractivity contribution in [1.82, 2.24) is 9.38 Å². The van der Waals surface area contributed by atoms with Crippen LogP contribution in [0, 0.1) is 18.3 Å². The Morgan fingerprint density at radius 3 is 2.62 bits per heavy atom. The second kappa shape index (κ2) is 5.23. The third-order valence-corrected chi connectivity index (χ3v) is 3.86. The molecular weight excluding hydrogens is 282 g/mol. The number of imidazole rings is 1. The third kappa shape index (κ3) is 2.28. The van der Waals surface area contributed by atoms with Gasteiger partial charge in [0, 0.05) is 16.8 Å². The highest BCUT2D eigenvalue weighted by atomic mass is 35.5. The van der Waals surface area contributed by atoms with Gasteiger partial charge in [-0.2, -0.15) is 5.26 Å². The van der Waals surface area contributed by atoms with Crippen LogP contribution < -0.4 is 0 Å². The van der Waals surface area contributed by atoms with Gasteiger partial charge in [0.1, 0.15) is 5.65 Å². The van der Waals surface area contributed by atoms with Crippen LogP contribution in [0.3, 0.4) is 0 Å². The van der Waals surface area contributed by atoms with Crippen molar-refractivity contribution < 1.29 is 0 Å². The van der Waals surface area contributed by atoms with E-state index in [0.29, 0.717) is 5.02 Å². The summed E-state index contributed by atoms with van der Waals surface area (Å²) < 4.78 is 2.01. The highest BCUT2D eigenvalue weighted by molar-refractivity contribution is 6.30. The van der Waals surface area contributed by atoms with Gasteiger partial charge in [-0.15, -0.1) is 0 Å². The van der Waals surface area contributed by atoms with Gasteiger partial charge in [-0.1, -0.05) is 29.8 Å². The van der Waals surface area contributed by atoms with Crippen molar-refractivity contribution >= 4 is 17.2 Å². The van der Waals surface area contributed by atoms with Gasteiger partial charge in [0.05, 0.1) is 23.4 Å². The lowest BCUT2D eigenvalue weighted by molar-refractivity contribution is 0.898. The minimum Gasteiger partial charge on any atom is -0.302 e. The monoisotopic (exact) mass is 295 g/mol. The Bertz CT molecular complexity index is 841. The van der Waals surface area contributed by atoms with E-state index < -0.39 is 0 Å². The van der Waals surface area contributed by atoms with Gasteiger partial charge in [0.15, 0.2) is 0 Å². The molecule has 0 bridgehead atoms. The summed E-state index contributed by atoms with van der Waals surface area (Å²) in [6, 6.07) is 13.9. The van der Waals surface area contributed by atoms with Crippen molar-refractivity contribution in [3.8, 4) is 17.3 Å². The predicted molar refractivity (Wildman–Crippen MR) is 84.4 cm³/mol. The Hall–Kier alpha value is -2.31. The molecule has 3 rings (SSSR count). The number of pyridine rings is 1.